The summed E-state index contributed by atoms with van der Waals surface area (Å²) in [6.45, 7) is 4.87. The molecule has 1 fully saturated rings. The number of aromatic nitrogens is 3. The molecule has 7 heteroatoms. The molecule has 3 aromatic rings. The van der Waals surface area contributed by atoms with Crippen molar-refractivity contribution < 1.29 is 9.59 Å². The number of amides is 2. The Morgan fingerprint density at radius 3 is 2.69 bits per heavy atom. The molecule has 0 spiro atoms. The largest absolute Gasteiger partial charge is 0.352 e. The molecule has 4 rings (SSSR count). The summed E-state index contributed by atoms with van der Waals surface area (Å²) in [4.78, 5) is 30.8. The Morgan fingerprint density at radius 2 is 1.97 bits per heavy atom. The summed E-state index contributed by atoms with van der Waals surface area (Å²) in [5.41, 5.74) is 5.00. The van der Waals surface area contributed by atoms with Crippen molar-refractivity contribution in [2.75, 3.05) is 11.4 Å². The number of anilines is 1. The molecule has 1 N–H and O–H groups in total. The van der Waals surface area contributed by atoms with Gasteiger partial charge in [-0.25, -0.2) is 9.67 Å². The monoisotopic (exact) mass is 389 g/mol. The molecule has 1 aromatic heterocycles. The summed E-state index contributed by atoms with van der Waals surface area (Å²) in [5.74, 6) is -0.431. The highest BCUT2D eigenvalue weighted by Gasteiger charge is 2.35. The van der Waals surface area contributed by atoms with Crippen LogP contribution in [0.3, 0.4) is 0 Å². The lowest BCUT2D eigenvalue weighted by atomic mass is 10.1. The lowest BCUT2D eigenvalue weighted by molar-refractivity contribution is -0.126. The highest BCUT2D eigenvalue weighted by molar-refractivity contribution is 6.00. The van der Waals surface area contributed by atoms with E-state index in [0.29, 0.717) is 13.1 Å². The maximum Gasteiger partial charge on any atom is 0.227 e. The topological polar surface area (TPSA) is 80.1 Å². The Morgan fingerprint density at radius 1 is 1.17 bits per heavy atom. The molecule has 1 aliphatic heterocycles. The number of hydrogen-bond acceptors (Lipinski definition) is 4. The number of nitrogens with one attached hydrogen (secondary N) is 1. The fourth-order valence-corrected chi connectivity index (χ4v) is 3.59. The molecule has 0 aliphatic carbocycles. The van der Waals surface area contributed by atoms with Gasteiger partial charge in [0.1, 0.15) is 12.7 Å². The number of rotatable bonds is 5. The van der Waals surface area contributed by atoms with E-state index in [4.69, 9.17) is 0 Å². The van der Waals surface area contributed by atoms with Gasteiger partial charge in [-0.3, -0.25) is 9.59 Å². The van der Waals surface area contributed by atoms with Crippen molar-refractivity contribution in [2.45, 2.75) is 26.8 Å². The quantitative estimate of drug-likeness (QED) is 0.727. The van der Waals surface area contributed by atoms with Gasteiger partial charge in [-0.2, -0.15) is 5.10 Å². The number of hydrogen-bond donors (Lipinski definition) is 1. The zero-order chi connectivity index (χ0) is 20.4. The van der Waals surface area contributed by atoms with Crippen LogP contribution in [0.25, 0.3) is 5.69 Å². The number of benzene rings is 2. The fraction of sp³-hybridized carbons (Fsp3) is 0.273. The molecule has 2 amide bonds. The summed E-state index contributed by atoms with van der Waals surface area (Å²) < 4.78 is 1.67. The third-order valence-electron chi connectivity index (χ3n) is 5.45. The second kappa shape index (κ2) is 7.87. The normalized spacial score (nSPS) is 16.3. The van der Waals surface area contributed by atoms with Crippen LogP contribution in [0.5, 0.6) is 0 Å². The molecule has 0 radical (unpaired) electrons. The van der Waals surface area contributed by atoms with Crippen molar-refractivity contribution in [2.24, 2.45) is 5.92 Å². The van der Waals surface area contributed by atoms with Crippen LogP contribution in [0.4, 0.5) is 5.69 Å². The summed E-state index contributed by atoms with van der Waals surface area (Å²) in [6.07, 6.45) is 3.36. The molecule has 7 nitrogen and oxygen atoms in total. The van der Waals surface area contributed by atoms with Crippen molar-refractivity contribution in [1.29, 1.82) is 0 Å². The molecule has 1 unspecified atom stereocenters. The van der Waals surface area contributed by atoms with Crippen LogP contribution in [0.1, 0.15) is 23.1 Å². The number of aryl methyl sites for hydroxylation is 1. The molecule has 0 saturated carbocycles. The first-order chi connectivity index (χ1) is 14.0. The summed E-state index contributed by atoms with van der Waals surface area (Å²) in [7, 11) is 0. The molecule has 1 saturated heterocycles. The van der Waals surface area contributed by atoms with Gasteiger partial charge < -0.3 is 10.2 Å². The zero-order valence-electron chi connectivity index (χ0n) is 16.5. The highest BCUT2D eigenvalue weighted by Crippen LogP contribution is 2.29. The van der Waals surface area contributed by atoms with E-state index in [-0.39, 0.29) is 24.2 Å². The first-order valence-corrected chi connectivity index (χ1v) is 9.61. The van der Waals surface area contributed by atoms with Gasteiger partial charge in [0.15, 0.2) is 0 Å². The second-order valence-electron chi connectivity index (χ2n) is 7.35. The Kier molecular flexibility index (Phi) is 5.12. The number of nitrogens with zero attached hydrogens (tertiary/aromatic N) is 4. The van der Waals surface area contributed by atoms with Gasteiger partial charge >= 0.3 is 0 Å². The van der Waals surface area contributed by atoms with Crippen molar-refractivity contribution in [3.63, 3.8) is 0 Å². The van der Waals surface area contributed by atoms with Crippen molar-refractivity contribution in [3.05, 3.63) is 71.8 Å². The lowest BCUT2D eigenvalue weighted by Crippen LogP contribution is -2.32. The van der Waals surface area contributed by atoms with E-state index < -0.39 is 0 Å². The second-order valence-corrected chi connectivity index (χ2v) is 7.35. The third-order valence-corrected chi connectivity index (χ3v) is 5.45. The minimum absolute atomic E-state index is 0.00367. The average molecular weight is 389 g/mol. The lowest BCUT2D eigenvalue weighted by Gasteiger charge is -2.20. The van der Waals surface area contributed by atoms with Gasteiger partial charge in [0.05, 0.1) is 11.6 Å². The molecular formula is C22H23N5O2. The Labute approximate surface area is 169 Å². The fourth-order valence-electron chi connectivity index (χ4n) is 3.59. The Balaban J connectivity index is 1.37. The standard InChI is InChI=1S/C22H23N5O2/c1-15-4-3-5-20(16(15)2)26-12-18(10-21(26)28)22(29)24-11-17-6-8-19(9-7-17)27-14-23-13-25-27/h3-9,13-14,18H,10-12H2,1-2H3,(H,24,29). The number of carbonyl (C=O) groups excluding carboxylic acids is 2. The van der Waals surface area contributed by atoms with E-state index in [1.165, 1.54) is 6.33 Å². The van der Waals surface area contributed by atoms with Crippen LogP contribution in [-0.4, -0.2) is 33.1 Å². The molecule has 2 aromatic carbocycles. The van der Waals surface area contributed by atoms with Crippen molar-refractivity contribution in [3.8, 4) is 5.69 Å². The Hall–Kier alpha value is -3.48. The minimum atomic E-state index is -0.336. The predicted molar refractivity (Wildman–Crippen MR) is 110 cm³/mol. The van der Waals surface area contributed by atoms with Crippen LogP contribution in [0, 0.1) is 19.8 Å². The van der Waals surface area contributed by atoms with Gasteiger partial charge in [0.25, 0.3) is 0 Å². The summed E-state index contributed by atoms with van der Waals surface area (Å²) >= 11 is 0. The zero-order valence-corrected chi connectivity index (χ0v) is 16.5. The van der Waals surface area contributed by atoms with Crippen LogP contribution in [-0.2, 0) is 16.1 Å². The van der Waals surface area contributed by atoms with E-state index in [1.54, 1.807) is 15.9 Å². The van der Waals surface area contributed by atoms with E-state index in [1.807, 2.05) is 56.3 Å². The molecule has 148 valence electrons. The van der Waals surface area contributed by atoms with E-state index in [9.17, 15) is 9.59 Å². The molecule has 1 atom stereocenters. The molecule has 2 heterocycles. The molecule has 1 aliphatic rings. The van der Waals surface area contributed by atoms with Gasteiger partial charge in [-0.15, -0.1) is 0 Å². The van der Waals surface area contributed by atoms with Gasteiger partial charge in [0, 0.05) is 25.2 Å². The van der Waals surface area contributed by atoms with Gasteiger partial charge in [-0.1, -0.05) is 24.3 Å². The van der Waals surface area contributed by atoms with Crippen molar-refractivity contribution >= 4 is 17.5 Å². The first-order valence-electron chi connectivity index (χ1n) is 9.61. The van der Waals surface area contributed by atoms with Crippen LogP contribution in [0.2, 0.25) is 0 Å². The number of carbonyl (C=O) groups is 2. The van der Waals surface area contributed by atoms with E-state index in [0.717, 1.165) is 28.1 Å². The SMILES string of the molecule is Cc1cccc(N2CC(C(=O)NCc3ccc(-n4cncn4)cc3)CC2=O)c1C. The van der Waals surface area contributed by atoms with E-state index >= 15 is 0 Å². The average Bonchev–Trinajstić information content (AvgIpc) is 3.39. The third kappa shape index (κ3) is 3.89. The van der Waals surface area contributed by atoms with Gasteiger partial charge in [0.2, 0.25) is 11.8 Å². The van der Waals surface area contributed by atoms with Crippen LogP contribution < -0.4 is 10.2 Å². The van der Waals surface area contributed by atoms with Gasteiger partial charge in [-0.05, 0) is 48.7 Å². The van der Waals surface area contributed by atoms with E-state index in [2.05, 4.69) is 15.4 Å². The summed E-state index contributed by atoms with van der Waals surface area (Å²) in [5, 5.41) is 7.05. The molecule has 29 heavy (non-hydrogen) atoms. The minimum Gasteiger partial charge on any atom is -0.352 e. The highest BCUT2D eigenvalue weighted by atomic mass is 16.2. The molecular weight excluding hydrogens is 366 g/mol. The molecule has 0 bridgehead atoms. The first kappa shape index (κ1) is 18.9. The van der Waals surface area contributed by atoms with Crippen molar-refractivity contribution in [1.82, 2.24) is 20.1 Å². The smallest absolute Gasteiger partial charge is 0.227 e. The maximum absolute atomic E-state index is 12.6. The summed E-state index contributed by atoms with van der Waals surface area (Å²) in [6, 6.07) is 13.7. The van der Waals surface area contributed by atoms with Crippen LogP contribution in [0.15, 0.2) is 55.1 Å². The maximum atomic E-state index is 12.6. The Bertz CT molecular complexity index is 1030. The van der Waals surface area contributed by atoms with Crippen LogP contribution >= 0.6 is 0 Å². The predicted octanol–water partition coefficient (Wildman–Crippen LogP) is 2.55.